The fourth-order valence-corrected chi connectivity index (χ4v) is 2.46. The van der Waals surface area contributed by atoms with Crippen LogP contribution in [0.25, 0.3) is 0 Å². The lowest BCUT2D eigenvalue weighted by Crippen LogP contribution is -2.64. The van der Waals surface area contributed by atoms with Gasteiger partial charge in [0.05, 0.1) is 5.54 Å². The van der Waals surface area contributed by atoms with E-state index < -0.39 is 17.0 Å². The molecule has 4 nitrogen and oxygen atoms in total. The molecule has 1 aliphatic heterocycles. The Morgan fingerprint density at radius 1 is 1.28 bits per heavy atom. The Bertz CT molecular complexity index is 444. The largest absolute Gasteiger partial charge is 0.462 e. The van der Waals surface area contributed by atoms with Crippen molar-refractivity contribution in [3.63, 3.8) is 0 Å². The first-order valence-corrected chi connectivity index (χ1v) is 6.15. The van der Waals surface area contributed by atoms with Crippen LogP contribution in [0.2, 0.25) is 0 Å². The van der Waals surface area contributed by atoms with Crippen LogP contribution >= 0.6 is 0 Å². The number of benzene rings is 1. The molecular weight excluding hydrogens is 230 g/mol. The number of carbonyl (C=O) groups excluding carboxylic acids is 1. The molecule has 1 aromatic rings. The predicted octanol–water partition coefficient (Wildman–Crippen LogP) is 2.27. The lowest BCUT2D eigenvalue weighted by molar-refractivity contribution is -0.310. The number of esters is 1. The van der Waals surface area contributed by atoms with Crippen LogP contribution in [0, 0.1) is 0 Å². The highest BCUT2D eigenvalue weighted by Gasteiger charge is 2.55. The molecule has 0 spiro atoms. The average Bonchev–Trinajstić information content (AvgIpc) is 2.38. The smallest absolute Gasteiger partial charge is 0.333 e. The average molecular weight is 248 g/mol. The van der Waals surface area contributed by atoms with Gasteiger partial charge in [0.2, 0.25) is 0 Å². The normalized spacial score (nSPS) is 27.9. The van der Waals surface area contributed by atoms with Gasteiger partial charge in [0, 0.05) is 0 Å². The Labute approximate surface area is 107 Å². The van der Waals surface area contributed by atoms with E-state index in [9.17, 15) is 10.0 Å². The van der Waals surface area contributed by atoms with Gasteiger partial charge in [0.25, 0.3) is 0 Å². The molecule has 18 heavy (non-hydrogen) atoms. The molecule has 0 aromatic heterocycles. The summed E-state index contributed by atoms with van der Waals surface area (Å²) in [6, 6.07) is 9.13. The van der Waals surface area contributed by atoms with Crippen LogP contribution in [-0.2, 0) is 20.3 Å². The van der Waals surface area contributed by atoms with Crippen molar-refractivity contribution in [2.24, 2.45) is 0 Å². The van der Waals surface area contributed by atoms with Crippen LogP contribution in [-0.4, -0.2) is 23.2 Å². The Morgan fingerprint density at radius 2 is 1.89 bits per heavy atom. The first kappa shape index (κ1) is 13.1. The highest BCUT2D eigenvalue weighted by molar-refractivity contribution is 5.83. The number of cyclic esters (lactones) is 1. The highest BCUT2D eigenvalue weighted by Crippen LogP contribution is 2.40. The summed E-state index contributed by atoms with van der Waals surface area (Å²) in [5, 5.41) is 13.5. The first-order chi connectivity index (χ1) is 8.45. The minimum atomic E-state index is -1.22. The first-order valence-electron chi connectivity index (χ1n) is 6.15. The number of ether oxygens (including phenoxy) is 1. The molecule has 97 valence electrons. The number of nitrogens with zero attached hydrogens (tertiary/aromatic N) is 1. The summed E-state index contributed by atoms with van der Waals surface area (Å²) < 4.78 is 5.24. The summed E-state index contributed by atoms with van der Waals surface area (Å²) in [7, 11) is 0. The topological polar surface area (TPSA) is 49.4 Å². The van der Waals surface area contributed by atoms with E-state index in [-0.39, 0.29) is 6.61 Å². The number of hydroxylamine groups is 2. The molecule has 1 unspecified atom stereocenters. The maximum atomic E-state index is 12.6. The van der Waals surface area contributed by atoms with E-state index >= 15 is 0 Å². The predicted molar refractivity (Wildman–Crippen MR) is 66.0 cm³/mol. The second kappa shape index (κ2) is 4.37. The molecule has 2 rings (SSSR count). The Morgan fingerprint density at radius 3 is 2.44 bits per heavy atom. The van der Waals surface area contributed by atoms with Gasteiger partial charge in [-0.05, 0) is 25.8 Å². The Kier molecular flexibility index (Phi) is 3.17. The molecule has 4 heteroatoms. The molecule has 0 amide bonds. The summed E-state index contributed by atoms with van der Waals surface area (Å²) >= 11 is 0. The standard InChI is InChI=1S/C14H18NO3/c1-4-14(11-8-6-5-7-9-11)12(16)18-10-13(2,3)15(14)17/h5-9H,4,10H2,1-3H3. The molecule has 1 atom stereocenters. The van der Waals surface area contributed by atoms with Gasteiger partial charge in [0.1, 0.15) is 6.61 Å². The third-order valence-corrected chi connectivity index (χ3v) is 3.55. The van der Waals surface area contributed by atoms with E-state index in [0.717, 1.165) is 5.06 Å². The SMILES string of the molecule is CCC1(c2ccccc2)C(=O)OCC(C)(C)N1[O]. The fraction of sp³-hybridized carbons (Fsp3) is 0.500. The number of hydrogen-bond acceptors (Lipinski definition) is 3. The molecule has 1 saturated heterocycles. The molecule has 1 fully saturated rings. The van der Waals surface area contributed by atoms with Gasteiger partial charge < -0.3 is 4.74 Å². The van der Waals surface area contributed by atoms with Crippen LogP contribution in [0.1, 0.15) is 32.8 Å². The second-order valence-electron chi connectivity index (χ2n) is 5.26. The van der Waals surface area contributed by atoms with Crippen molar-refractivity contribution < 1.29 is 14.7 Å². The van der Waals surface area contributed by atoms with Gasteiger partial charge in [-0.25, -0.2) is 4.79 Å². The van der Waals surface area contributed by atoms with Crippen LogP contribution in [0.15, 0.2) is 30.3 Å². The maximum absolute atomic E-state index is 12.6. The van der Waals surface area contributed by atoms with Gasteiger partial charge >= 0.3 is 5.97 Å². The molecule has 1 aromatic carbocycles. The molecule has 0 saturated carbocycles. The van der Waals surface area contributed by atoms with Gasteiger partial charge in [-0.15, -0.1) is 10.3 Å². The Hall–Kier alpha value is -1.39. The van der Waals surface area contributed by atoms with E-state index in [1.54, 1.807) is 26.0 Å². The van der Waals surface area contributed by atoms with Gasteiger partial charge in [-0.3, -0.25) is 0 Å². The number of hydrogen-bond donors (Lipinski definition) is 0. The zero-order chi connectivity index (χ0) is 13.4. The zero-order valence-electron chi connectivity index (χ0n) is 11.0. The summed E-state index contributed by atoms with van der Waals surface area (Å²) in [6.07, 6.45) is 0.392. The molecule has 0 bridgehead atoms. The Balaban J connectivity index is 2.56. The van der Waals surface area contributed by atoms with Crippen LogP contribution < -0.4 is 0 Å². The highest BCUT2D eigenvalue weighted by atomic mass is 16.6. The van der Waals surface area contributed by atoms with E-state index in [1.165, 1.54) is 0 Å². The van der Waals surface area contributed by atoms with Crippen LogP contribution in [0.4, 0.5) is 0 Å². The van der Waals surface area contributed by atoms with Crippen molar-refractivity contribution in [3.8, 4) is 0 Å². The molecule has 0 N–H and O–H groups in total. The van der Waals surface area contributed by atoms with E-state index in [1.807, 2.05) is 25.1 Å². The molecule has 1 aliphatic rings. The molecule has 1 heterocycles. The summed E-state index contributed by atoms with van der Waals surface area (Å²) in [5.41, 5.74) is -1.23. The van der Waals surface area contributed by atoms with Gasteiger partial charge in [0.15, 0.2) is 5.54 Å². The minimum Gasteiger partial charge on any atom is -0.462 e. The lowest BCUT2D eigenvalue weighted by Gasteiger charge is -2.47. The minimum absolute atomic E-state index is 0.129. The second-order valence-corrected chi connectivity index (χ2v) is 5.26. The van der Waals surface area contributed by atoms with E-state index in [4.69, 9.17) is 4.74 Å². The van der Waals surface area contributed by atoms with Crippen molar-refractivity contribution in [2.45, 2.75) is 38.3 Å². The quantitative estimate of drug-likeness (QED) is 0.754. The summed E-state index contributed by atoms with van der Waals surface area (Å²) in [5.74, 6) is -0.453. The summed E-state index contributed by atoms with van der Waals surface area (Å²) in [6.45, 7) is 5.55. The van der Waals surface area contributed by atoms with E-state index in [2.05, 4.69) is 0 Å². The van der Waals surface area contributed by atoms with Crippen molar-refractivity contribution in [1.82, 2.24) is 5.06 Å². The zero-order valence-corrected chi connectivity index (χ0v) is 11.0. The van der Waals surface area contributed by atoms with Crippen LogP contribution in [0.3, 0.4) is 0 Å². The van der Waals surface area contributed by atoms with Crippen molar-refractivity contribution in [3.05, 3.63) is 35.9 Å². The van der Waals surface area contributed by atoms with Gasteiger partial charge in [-0.2, -0.15) is 0 Å². The number of morpholine rings is 1. The van der Waals surface area contributed by atoms with Crippen molar-refractivity contribution >= 4 is 5.97 Å². The number of rotatable bonds is 2. The monoisotopic (exact) mass is 248 g/mol. The lowest BCUT2D eigenvalue weighted by atomic mass is 9.82. The van der Waals surface area contributed by atoms with Crippen LogP contribution in [0.5, 0.6) is 0 Å². The third kappa shape index (κ3) is 1.72. The number of carbonyl (C=O) groups is 1. The maximum Gasteiger partial charge on any atom is 0.333 e. The molecule has 0 aliphatic carbocycles. The van der Waals surface area contributed by atoms with Gasteiger partial charge in [-0.1, -0.05) is 37.3 Å². The van der Waals surface area contributed by atoms with E-state index in [0.29, 0.717) is 12.0 Å². The summed E-state index contributed by atoms with van der Waals surface area (Å²) in [4.78, 5) is 12.2. The van der Waals surface area contributed by atoms with Crippen molar-refractivity contribution in [1.29, 1.82) is 0 Å². The molecular formula is C14H18NO3. The van der Waals surface area contributed by atoms with Crippen molar-refractivity contribution in [2.75, 3.05) is 6.61 Å². The third-order valence-electron chi connectivity index (χ3n) is 3.55. The fourth-order valence-electron chi connectivity index (χ4n) is 2.46. The molecule has 1 radical (unpaired) electrons.